The lowest BCUT2D eigenvalue weighted by Gasteiger charge is -2.38. The van der Waals surface area contributed by atoms with Crippen LogP contribution in [-0.4, -0.2) is 54.7 Å². The van der Waals surface area contributed by atoms with E-state index in [4.69, 9.17) is 16.0 Å². The highest BCUT2D eigenvalue weighted by Gasteiger charge is 2.26. The summed E-state index contributed by atoms with van der Waals surface area (Å²) in [4.78, 5) is 4.60. The van der Waals surface area contributed by atoms with Gasteiger partial charge in [0, 0.05) is 31.1 Å². The van der Waals surface area contributed by atoms with E-state index in [0.29, 0.717) is 28.8 Å². The van der Waals surface area contributed by atoms with Crippen LogP contribution in [0.2, 0.25) is 5.02 Å². The second-order valence-electron chi connectivity index (χ2n) is 5.96. The molecule has 1 fully saturated rings. The second kappa shape index (κ2) is 5.97. The van der Waals surface area contributed by atoms with Crippen molar-refractivity contribution in [3.05, 3.63) is 35.0 Å². The fraction of sp³-hybridized carbons (Fsp3) is 0.500. The molecule has 114 valence electrons. The van der Waals surface area contributed by atoms with Crippen molar-refractivity contribution in [2.75, 3.05) is 33.7 Å². The summed E-state index contributed by atoms with van der Waals surface area (Å²) in [5.74, 6) is 0.597. The number of halogens is 1. The molecule has 4 nitrogen and oxygen atoms in total. The van der Waals surface area contributed by atoms with Gasteiger partial charge in [0.05, 0.1) is 5.02 Å². The van der Waals surface area contributed by atoms with Gasteiger partial charge in [-0.2, -0.15) is 0 Å². The Morgan fingerprint density at radius 1 is 1.38 bits per heavy atom. The van der Waals surface area contributed by atoms with Crippen molar-refractivity contribution in [3.8, 4) is 0 Å². The molecule has 0 aliphatic carbocycles. The van der Waals surface area contributed by atoms with Crippen LogP contribution < -0.4 is 0 Å². The quantitative estimate of drug-likeness (QED) is 0.946. The number of furan rings is 1. The molecular weight excluding hydrogens is 288 g/mol. The van der Waals surface area contributed by atoms with Gasteiger partial charge in [0.2, 0.25) is 0 Å². The Morgan fingerprint density at radius 3 is 2.95 bits per heavy atom. The van der Waals surface area contributed by atoms with Crippen molar-refractivity contribution in [3.63, 3.8) is 0 Å². The predicted molar refractivity (Wildman–Crippen MR) is 84.7 cm³/mol. The third kappa shape index (κ3) is 3.09. The van der Waals surface area contributed by atoms with Gasteiger partial charge in [-0.3, -0.25) is 0 Å². The molecule has 2 heterocycles. The summed E-state index contributed by atoms with van der Waals surface area (Å²) in [7, 11) is 4.23. The molecule has 0 saturated carbocycles. The van der Waals surface area contributed by atoms with Crippen molar-refractivity contribution in [1.82, 2.24) is 9.80 Å². The van der Waals surface area contributed by atoms with E-state index in [1.54, 1.807) is 6.07 Å². The third-order valence-electron chi connectivity index (χ3n) is 4.32. The summed E-state index contributed by atoms with van der Waals surface area (Å²) in [5, 5.41) is 12.0. The summed E-state index contributed by atoms with van der Waals surface area (Å²) < 4.78 is 5.75. The number of aliphatic hydroxyl groups excluding tert-OH is 1. The number of nitrogens with zero attached hydrogens (tertiary/aromatic N) is 2. The van der Waals surface area contributed by atoms with Crippen LogP contribution >= 0.6 is 11.6 Å². The molecule has 0 amide bonds. The molecule has 0 bridgehead atoms. The van der Waals surface area contributed by atoms with E-state index in [2.05, 4.69) is 23.9 Å². The molecule has 5 heteroatoms. The van der Waals surface area contributed by atoms with Crippen LogP contribution in [0.25, 0.3) is 11.0 Å². The van der Waals surface area contributed by atoms with Crippen molar-refractivity contribution in [1.29, 1.82) is 0 Å². The molecule has 1 N–H and O–H groups in total. The van der Waals surface area contributed by atoms with Crippen LogP contribution in [0, 0.1) is 0 Å². The molecular formula is C16H21ClN2O2. The van der Waals surface area contributed by atoms with Gasteiger partial charge in [-0.15, -0.1) is 0 Å². The summed E-state index contributed by atoms with van der Waals surface area (Å²) in [6.45, 7) is 3.07. The third-order valence-corrected chi connectivity index (χ3v) is 4.62. The Bertz CT molecular complexity index is 628. The minimum Gasteiger partial charge on any atom is -0.457 e. The highest BCUT2D eigenvalue weighted by molar-refractivity contribution is 6.34. The summed E-state index contributed by atoms with van der Waals surface area (Å²) in [6.07, 6.45) is 0.0607. The molecule has 1 aliphatic heterocycles. The van der Waals surface area contributed by atoms with Gasteiger partial charge in [0.15, 0.2) is 5.58 Å². The van der Waals surface area contributed by atoms with Gasteiger partial charge in [0.25, 0.3) is 0 Å². The van der Waals surface area contributed by atoms with Crippen LogP contribution in [0.3, 0.4) is 0 Å². The smallest absolute Gasteiger partial charge is 0.152 e. The molecule has 21 heavy (non-hydrogen) atoms. The first kappa shape index (κ1) is 14.9. The average molecular weight is 309 g/mol. The lowest BCUT2D eigenvalue weighted by atomic mass is 10.0. The number of hydrogen-bond donors (Lipinski definition) is 1. The van der Waals surface area contributed by atoms with E-state index in [9.17, 15) is 5.11 Å². The lowest BCUT2D eigenvalue weighted by molar-refractivity contribution is 0.0555. The first-order chi connectivity index (χ1) is 10.0. The molecule has 2 aromatic rings. The summed E-state index contributed by atoms with van der Waals surface area (Å²) in [5.41, 5.74) is 0.655. The minimum absolute atomic E-state index is 0.336. The topological polar surface area (TPSA) is 39.9 Å². The largest absolute Gasteiger partial charge is 0.457 e. The number of para-hydroxylation sites is 1. The Balaban J connectivity index is 1.77. The Morgan fingerprint density at radius 2 is 2.19 bits per heavy atom. The number of aliphatic hydroxyl groups is 1. The van der Waals surface area contributed by atoms with Crippen molar-refractivity contribution < 1.29 is 9.52 Å². The fourth-order valence-corrected chi connectivity index (χ4v) is 3.16. The number of fused-ring (bicyclic) bond motifs is 1. The van der Waals surface area contributed by atoms with E-state index in [1.807, 2.05) is 18.2 Å². The zero-order valence-corrected chi connectivity index (χ0v) is 13.2. The van der Waals surface area contributed by atoms with Gasteiger partial charge in [0.1, 0.15) is 11.9 Å². The zero-order valence-electron chi connectivity index (χ0n) is 12.4. The van der Waals surface area contributed by atoms with Crippen molar-refractivity contribution in [2.45, 2.75) is 18.6 Å². The molecule has 0 spiro atoms. The van der Waals surface area contributed by atoms with E-state index in [1.165, 1.54) is 0 Å². The molecule has 2 atom stereocenters. The highest BCUT2D eigenvalue weighted by Crippen LogP contribution is 2.31. The zero-order chi connectivity index (χ0) is 15.0. The number of benzene rings is 1. The molecule has 1 saturated heterocycles. The second-order valence-corrected chi connectivity index (χ2v) is 6.36. The molecule has 1 aliphatic rings. The van der Waals surface area contributed by atoms with Crippen LogP contribution in [0.4, 0.5) is 0 Å². The van der Waals surface area contributed by atoms with E-state index in [0.717, 1.165) is 25.0 Å². The van der Waals surface area contributed by atoms with Gasteiger partial charge in [-0.1, -0.05) is 23.7 Å². The minimum atomic E-state index is -0.604. The molecule has 3 rings (SSSR count). The van der Waals surface area contributed by atoms with Gasteiger partial charge in [-0.05, 0) is 32.6 Å². The van der Waals surface area contributed by atoms with Crippen LogP contribution in [0.15, 0.2) is 28.7 Å². The monoisotopic (exact) mass is 308 g/mol. The lowest BCUT2D eigenvalue weighted by Crippen LogP contribution is -2.50. The Labute approximate surface area is 129 Å². The first-order valence-corrected chi connectivity index (χ1v) is 7.67. The van der Waals surface area contributed by atoms with Crippen molar-refractivity contribution >= 4 is 22.6 Å². The number of rotatable bonds is 3. The normalized spacial score (nSPS) is 22.8. The molecule has 1 aromatic heterocycles. The van der Waals surface area contributed by atoms with Crippen molar-refractivity contribution in [2.24, 2.45) is 0 Å². The van der Waals surface area contributed by atoms with Gasteiger partial charge >= 0.3 is 0 Å². The SMILES string of the molecule is CN1CCN(C)C(CC(O)c2cc3cccc(Cl)c3o2)C1. The molecule has 2 unspecified atom stereocenters. The van der Waals surface area contributed by atoms with Crippen LogP contribution in [0.1, 0.15) is 18.3 Å². The maximum Gasteiger partial charge on any atom is 0.152 e. The molecule has 1 aromatic carbocycles. The summed E-state index contributed by atoms with van der Waals surface area (Å²) >= 11 is 6.12. The molecule has 0 radical (unpaired) electrons. The average Bonchev–Trinajstić information content (AvgIpc) is 2.88. The maximum atomic E-state index is 10.5. The maximum absolute atomic E-state index is 10.5. The van der Waals surface area contributed by atoms with E-state index >= 15 is 0 Å². The number of hydrogen-bond acceptors (Lipinski definition) is 4. The Hall–Kier alpha value is -1.07. The van der Waals surface area contributed by atoms with Crippen LogP contribution in [0.5, 0.6) is 0 Å². The highest BCUT2D eigenvalue weighted by atomic mass is 35.5. The van der Waals surface area contributed by atoms with E-state index in [-0.39, 0.29) is 0 Å². The van der Waals surface area contributed by atoms with E-state index < -0.39 is 6.10 Å². The summed E-state index contributed by atoms with van der Waals surface area (Å²) in [6, 6.07) is 7.86. The predicted octanol–water partition coefficient (Wildman–Crippen LogP) is 2.76. The fourth-order valence-electron chi connectivity index (χ4n) is 2.94. The first-order valence-electron chi connectivity index (χ1n) is 7.29. The van der Waals surface area contributed by atoms with Crippen LogP contribution in [-0.2, 0) is 0 Å². The number of piperazine rings is 1. The van der Waals surface area contributed by atoms with Gasteiger partial charge < -0.3 is 19.3 Å². The number of likely N-dealkylation sites (N-methyl/N-ethyl adjacent to an activating group) is 2. The Kier molecular flexibility index (Phi) is 4.22. The standard InChI is InChI=1S/C16H21ClN2O2/c1-18-6-7-19(2)12(10-18)9-14(20)15-8-11-4-3-5-13(17)16(11)21-15/h3-5,8,12,14,20H,6-7,9-10H2,1-2H3. The van der Waals surface area contributed by atoms with Gasteiger partial charge in [-0.25, -0.2) is 0 Å².